The van der Waals surface area contributed by atoms with Crippen LogP contribution in [0, 0.1) is 0 Å². The monoisotopic (exact) mass is 302 g/mol. The highest BCUT2D eigenvalue weighted by atomic mass is 32.2. The molecule has 0 saturated heterocycles. The second-order valence-electron chi connectivity index (χ2n) is 4.37. The van der Waals surface area contributed by atoms with Crippen LogP contribution in [0.15, 0.2) is 4.90 Å². The number of carbonyl (C=O) groups excluding carboxylic acids is 1. The van der Waals surface area contributed by atoms with Crippen LogP contribution in [0.3, 0.4) is 0 Å². The number of nitrogen functional groups attached to an aromatic ring is 1. The number of carbonyl (C=O) groups is 1. The number of hydrogen-bond donors (Lipinski definition) is 3. The normalized spacial score (nSPS) is 10.8. The van der Waals surface area contributed by atoms with Crippen molar-refractivity contribution in [1.29, 1.82) is 0 Å². The molecule has 1 aromatic rings. The first-order valence-electron chi connectivity index (χ1n) is 6.08. The van der Waals surface area contributed by atoms with E-state index in [2.05, 4.69) is 29.6 Å². The first-order valence-corrected chi connectivity index (χ1v) is 8.12. The Kier molecular flexibility index (Phi) is 6.47. The molecule has 7 heteroatoms. The molecule has 4 N–H and O–H groups in total. The summed E-state index contributed by atoms with van der Waals surface area (Å²) in [5.74, 6) is -0.126. The highest BCUT2D eigenvalue weighted by Gasteiger charge is 2.19. The average Bonchev–Trinajstić information content (AvgIpc) is 2.70. The zero-order valence-electron chi connectivity index (χ0n) is 11.9. The summed E-state index contributed by atoms with van der Waals surface area (Å²) in [5, 5.41) is 6.98. The van der Waals surface area contributed by atoms with E-state index >= 15 is 0 Å². The fourth-order valence-corrected chi connectivity index (χ4v) is 3.63. The van der Waals surface area contributed by atoms with Crippen molar-refractivity contribution in [2.75, 3.05) is 51.5 Å². The van der Waals surface area contributed by atoms with Crippen molar-refractivity contribution in [2.24, 2.45) is 0 Å². The summed E-state index contributed by atoms with van der Waals surface area (Å²) in [5.41, 5.74) is 6.60. The van der Waals surface area contributed by atoms with Gasteiger partial charge in [-0.05, 0) is 33.3 Å². The minimum Gasteiger partial charge on any atom is -0.396 e. The van der Waals surface area contributed by atoms with Gasteiger partial charge in [-0.3, -0.25) is 4.79 Å². The standard InChI is InChI=1S/C12H22N4OS2/c1-14-11(17)9-8(13)10(18-4)12(19-9)15-6-5-7-16(2)3/h15H,5-7,13H2,1-4H3,(H,14,17). The molecule has 1 amide bonds. The van der Waals surface area contributed by atoms with Gasteiger partial charge < -0.3 is 21.3 Å². The van der Waals surface area contributed by atoms with Crippen molar-refractivity contribution >= 4 is 39.7 Å². The van der Waals surface area contributed by atoms with Crippen molar-refractivity contribution in [2.45, 2.75) is 11.3 Å². The Bertz CT molecular complexity index is 432. The van der Waals surface area contributed by atoms with Gasteiger partial charge in [0, 0.05) is 13.6 Å². The van der Waals surface area contributed by atoms with Gasteiger partial charge >= 0.3 is 0 Å². The lowest BCUT2D eigenvalue weighted by atomic mass is 10.3. The average molecular weight is 302 g/mol. The lowest BCUT2D eigenvalue weighted by Gasteiger charge is -2.10. The fraction of sp³-hybridized carbons (Fsp3) is 0.583. The van der Waals surface area contributed by atoms with E-state index in [1.165, 1.54) is 11.3 Å². The Morgan fingerprint density at radius 2 is 2.16 bits per heavy atom. The van der Waals surface area contributed by atoms with Gasteiger partial charge in [-0.15, -0.1) is 23.1 Å². The topological polar surface area (TPSA) is 70.4 Å². The van der Waals surface area contributed by atoms with Gasteiger partial charge in [0.2, 0.25) is 0 Å². The second kappa shape index (κ2) is 7.62. The Morgan fingerprint density at radius 1 is 1.47 bits per heavy atom. The predicted octanol–water partition coefficient (Wildman–Crippen LogP) is 1.78. The van der Waals surface area contributed by atoms with E-state index < -0.39 is 0 Å². The lowest BCUT2D eigenvalue weighted by Crippen LogP contribution is -2.17. The van der Waals surface area contributed by atoms with E-state index in [0.29, 0.717) is 10.6 Å². The maximum Gasteiger partial charge on any atom is 0.263 e. The third-order valence-electron chi connectivity index (χ3n) is 2.60. The van der Waals surface area contributed by atoms with Crippen LogP contribution in [0.5, 0.6) is 0 Å². The second-order valence-corrected chi connectivity index (χ2v) is 6.21. The number of nitrogens with one attached hydrogen (secondary N) is 2. The third kappa shape index (κ3) is 4.29. The third-order valence-corrected chi connectivity index (χ3v) is 4.73. The number of anilines is 2. The molecular formula is C12H22N4OS2. The van der Waals surface area contributed by atoms with E-state index in [9.17, 15) is 4.79 Å². The van der Waals surface area contributed by atoms with Gasteiger partial charge in [-0.25, -0.2) is 0 Å². The van der Waals surface area contributed by atoms with Crippen molar-refractivity contribution in [3.63, 3.8) is 0 Å². The molecule has 0 fully saturated rings. The molecule has 0 bridgehead atoms. The Labute approximate surface area is 122 Å². The Morgan fingerprint density at radius 3 is 2.68 bits per heavy atom. The van der Waals surface area contributed by atoms with Crippen LogP contribution in [0.2, 0.25) is 0 Å². The molecule has 0 atom stereocenters. The van der Waals surface area contributed by atoms with E-state index in [0.717, 1.165) is 29.4 Å². The van der Waals surface area contributed by atoms with E-state index in [1.54, 1.807) is 18.8 Å². The first kappa shape index (κ1) is 16.1. The number of nitrogens with zero attached hydrogens (tertiary/aromatic N) is 1. The molecule has 0 radical (unpaired) electrons. The molecule has 0 aliphatic rings. The van der Waals surface area contributed by atoms with Gasteiger partial charge in [0.05, 0.1) is 10.6 Å². The highest BCUT2D eigenvalue weighted by Crippen LogP contribution is 2.41. The summed E-state index contributed by atoms with van der Waals surface area (Å²) in [7, 11) is 5.73. The van der Waals surface area contributed by atoms with Gasteiger partial charge in [-0.2, -0.15) is 0 Å². The molecule has 0 spiro atoms. The van der Waals surface area contributed by atoms with Crippen molar-refractivity contribution in [3.05, 3.63) is 4.88 Å². The molecule has 108 valence electrons. The van der Waals surface area contributed by atoms with Crippen LogP contribution in [0.25, 0.3) is 0 Å². The summed E-state index contributed by atoms with van der Waals surface area (Å²) in [6.07, 6.45) is 3.02. The zero-order valence-corrected chi connectivity index (χ0v) is 13.5. The molecule has 1 aromatic heterocycles. The van der Waals surface area contributed by atoms with E-state index in [1.807, 2.05) is 6.26 Å². The van der Waals surface area contributed by atoms with Gasteiger partial charge in [0.15, 0.2) is 0 Å². The Balaban J connectivity index is 2.74. The predicted molar refractivity (Wildman–Crippen MR) is 85.6 cm³/mol. The highest BCUT2D eigenvalue weighted by molar-refractivity contribution is 7.99. The van der Waals surface area contributed by atoms with Crippen LogP contribution < -0.4 is 16.4 Å². The zero-order chi connectivity index (χ0) is 14.4. The number of thiophene rings is 1. The van der Waals surface area contributed by atoms with Crippen LogP contribution >= 0.6 is 23.1 Å². The van der Waals surface area contributed by atoms with Crippen LogP contribution in [-0.4, -0.2) is 51.3 Å². The first-order chi connectivity index (χ1) is 9.01. The largest absolute Gasteiger partial charge is 0.396 e. The molecule has 0 aliphatic heterocycles. The van der Waals surface area contributed by atoms with Crippen LogP contribution in [0.1, 0.15) is 16.1 Å². The number of nitrogens with two attached hydrogens (primary N) is 1. The summed E-state index contributed by atoms with van der Waals surface area (Å²) in [6.45, 7) is 1.91. The molecule has 0 aromatic carbocycles. The smallest absolute Gasteiger partial charge is 0.263 e. The molecule has 1 rings (SSSR count). The SMILES string of the molecule is CNC(=O)c1sc(NCCCN(C)C)c(SC)c1N. The fourth-order valence-electron chi connectivity index (χ4n) is 1.63. The van der Waals surface area contributed by atoms with Gasteiger partial charge in [0.25, 0.3) is 5.91 Å². The van der Waals surface area contributed by atoms with Crippen molar-refractivity contribution < 1.29 is 4.79 Å². The molecule has 19 heavy (non-hydrogen) atoms. The molecule has 5 nitrogen and oxygen atoms in total. The molecule has 0 saturated carbocycles. The summed E-state index contributed by atoms with van der Waals surface area (Å²) < 4.78 is 0. The number of rotatable bonds is 7. The molecule has 0 aliphatic carbocycles. The molecular weight excluding hydrogens is 280 g/mol. The minimum absolute atomic E-state index is 0.126. The van der Waals surface area contributed by atoms with Gasteiger partial charge in [-0.1, -0.05) is 0 Å². The Hall–Kier alpha value is -0.920. The summed E-state index contributed by atoms with van der Waals surface area (Å²) in [4.78, 5) is 15.4. The minimum atomic E-state index is -0.126. The quantitative estimate of drug-likeness (QED) is 0.529. The lowest BCUT2D eigenvalue weighted by molar-refractivity contribution is 0.0968. The van der Waals surface area contributed by atoms with Crippen LogP contribution in [-0.2, 0) is 0 Å². The summed E-state index contributed by atoms with van der Waals surface area (Å²) in [6, 6.07) is 0. The molecule has 1 heterocycles. The molecule has 0 unspecified atom stereocenters. The van der Waals surface area contributed by atoms with Crippen LogP contribution in [0.4, 0.5) is 10.7 Å². The number of amides is 1. The maximum atomic E-state index is 11.7. The number of hydrogen-bond acceptors (Lipinski definition) is 6. The summed E-state index contributed by atoms with van der Waals surface area (Å²) >= 11 is 2.99. The van der Waals surface area contributed by atoms with E-state index in [4.69, 9.17) is 5.73 Å². The number of thioether (sulfide) groups is 1. The van der Waals surface area contributed by atoms with Gasteiger partial charge in [0.1, 0.15) is 9.88 Å². The van der Waals surface area contributed by atoms with Crippen molar-refractivity contribution in [1.82, 2.24) is 10.2 Å². The van der Waals surface area contributed by atoms with E-state index in [-0.39, 0.29) is 5.91 Å². The van der Waals surface area contributed by atoms with Crippen molar-refractivity contribution in [3.8, 4) is 0 Å². The maximum absolute atomic E-state index is 11.7.